The van der Waals surface area contributed by atoms with E-state index in [0.29, 0.717) is 0 Å². The zero-order valence-electron chi connectivity index (χ0n) is 7.08. The molecule has 0 aliphatic rings. The fourth-order valence-electron chi connectivity index (χ4n) is 0.963. The summed E-state index contributed by atoms with van der Waals surface area (Å²) in [5.41, 5.74) is 5.47. The molecule has 1 unspecified atom stereocenters. The number of methoxy groups -OCH3 is 1. The topological polar surface area (TPSA) is 48.1 Å². The maximum Gasteiger partial charge on any atom is 0.257 e. The van der Waals surface area contributed by atoms with Crippen molar-refractivity contribution in [1.29, 1.82) is 0 Å². The lowest BCUT2D eigenvalue weighted by Crippen LogP contribution is -2.19. The minimum atomic E-state index is -2.61. The molecule has 1 rings (SSSR count). The Morgan fingerprint density at radius 3 is 2.77 bits per heavy atom. The van der Waals surface area contributed by atoms with E-state index in [1.165, 1.54) is 19.4 Å². The number of nitrogens with two attached hydrogens (primary N) is 1. The van der Waals surface area contributed by atoms with Crippen molar-refractivity contribution in [1.82, 2.24) is 4.98 Å². The van der Waals surface area contributed by atoms with Crippen LogP contribution >= 0.6 is 0 Å². The van der Waals surface area contributed by atoms with Crippen LogP contribution in [0.3, 0.4) is 0 Å². The first-order chi connectivity index (χ1) is 6.16. The van der Waals surface area contributed by atoms with Crippen LogP contribution in [0.5, 0.6) is 5.88 Å². The van der Waals surface area contributed by atoms with Crippen molar-refractivity contribution in [2.75, 3.05) is 7.11 Å². The second kappa shape index (κ2) is 4.13. The molecular formula is C8H10F2N2O. The van der Waals surface area contributed by atoms with Gasteiger partial charge in [0, 0.05) is 11.8 Å². The number of pyridine rings is 1. The molecule has 2 N–H and O–H groups in total. The molecule has 0 bridgehead atoms. The number of nitrogens with zero attached hydrogens (tertiary/aromatic N) is 1. The number of hydrogen-bond donors (Lipinski definition) is 1. The molecule has 0 amide bonds. The Balaban J connectivity index is 2.98. The fraction of sp³-hybridized carbons (Fsp3) is 0.375. The molecule has 72 valence electrons. The van der Waals surface area contributed by atoms with Crippen LogP contribution in [0.15, 0.2) is 18.3 Å². The normalized spacial score (nSPS) is 13.0. The summed E-state index contributed by atoms with van der Waals surface area (Å²) in [6.45, 7) is 0. The van der Waals surface area contributed by atoms with E-state index in [0.717, 1.165) is 0 Å². The lowest BCUT2D eigenvalue weighted by Gasteiger charge is -2.12. The van der Waals surface area contributed by atoms with E-state index < -0.39 is 12.5 Å². The van der Waals surface area contributed by atoms with Crippen LogP contribution in [0.4, 0.5) is 8.78 Å². The molecule has 3 nitrogen and oxygen atoms in total. The molecule has 0 aliphatic heterocycles. The quantitative estimate of drug-likeness (QED) is 0.778. The third kappa shape index (κ3) is 2.12. The zero-order chi connectivity index (χ0) is 9.84. The Morgan fingerprint density at radius 1 is 1.54 bits per heavy atom. The van der Waals surface area contributed by atoms with Gasteiger partial charge in [-0.15, -0.1) is 0 Å². The second-order valence-electron chi connectivity index (χ2n) is 2.46. The molecule has 1 aromatic heterocycles. The highest BCUT2D eigenvalue weighted by molar-refractivity contribution is 5.28. The van der Waals surface area contributed by atoms with E-state index in [4.69, 9.17) is 10.5 Å². The van der Waals surface area contributed by atoms with Crippen LogP contribution in [0.1, 0.15) is 11.6 Å². The summed E-state index contributed by atoms with van der Waals surface area (Å²) < 4.78 is 29.2. The minimum Gasteiger partial charge on any atom is -0.481 e. The molecule has 1 aromatic rings. The van der Waals surface area contributed by atoms with Crippen molar-refractivity contribution < 1.29 is 13.5 Å². The summed E-state index contributed by atoms with van der Waals surface area (Å²) >= 11 is 0. The Kier molecular flexibility index (Phi) is 3.13. The summed E-state index contributed by atoms with van der Waals surface area (Å²) in [7, 11) is 1.37. The molecule has 0 saturated heterocycles. The van der Waals surface area contributed by atoms with Crippen LogP contribution in [0.2, 0.25) is 0 Å². The zero-order valence-corrected chi connectivity index (χ0v) is 7.08. The van der Waals surface area contributed by atoms with Crippen LogP contribution in [0.25, 0.3) is 0 Å². The predicted molar refractivity (Wildman–Crippen MR) is 43.7 cm³/mol. The molecule has 0 radical (unpaired) electrons. The van der Waals surface area contributed by atoms with Gasteiger partial charge in [-0.25, -0.2) is 13.8 Å². The van der Waals surface area contributed by atoms with Crippen molar-refractivity contribution in [3.63, 3.8) is 0 Å². The first kappa shape index (κ1) is 9.85. The Labute approximate surface area is 74.5 Å². The third-order valence-corrected chi connectivity index (χ3v) is 1.62. The van der Waals surface area contributed by atoms with E-state index >= 15 is 0 Å². The Morgan fingerprint density at radius 2 is 2.23 bits per heavy atom. The molecule has 1 heterocycles. The molecule has 0 fully saturated rings. The average Bonchev–Trinajstić information content (AvgIpc) is 2.16. The van der Waals surface area contributed by atoms with E-state index in [-0.39, 0.29) is 11.4 Å². The smallest absolute Gasteiger partial charge is 0.257 e. The van der Waals surface area contributed by atoms with Crippen molar-refractivity contribution in [2.24, 2.45) is 5.73 Å². The lowest BCUT2D eigenvalue weighted by atomic mass is 10.1. The standard InChI is InChI=1S/C8H10F2N2O/c1-13-8-5(3-2-4-12-8)6(11)7(9)10/h2-4,6-7H,11H2,1H3. The van der Waals surface area contributed by atoms with Gasteiger partial charge in [0.2, 0.25) is 5.88 Å². The van der Waals surface area contributed by atoms with Crippen LogP contribution in [-0.2, 0) is 0 Å². The maximum atomic E-state index is 12.2. The molecule has 0 spiro atoms. The summed E-state index contributed by atoms with van der Waals surface area (Å²) in [6, 6.07) is 1.67. The van der Waals surface area contributed by atoms with Crippen LogP contribution in [0, 0.1) is 0 Å². The Hall–Kier alpha value is -1.23. The summed E-state index contributed by atoms with van der Waals surface area (Å²) in [6.07, 6.45) is -1.15. The molecule has 0 saturated carbocycles. The van der Waals surface area contributed by atoms with Gasteiger partial charge >= 0.3 is 0 Å². The van der Waals surface area contributed by atoms with Crippen LogP contribution < -0.4 is 10.5 Å². The molecule has 0 aliphatic carbocycles. The number of aromatic nitrogens is 1. The molecule has 0 aromatic carbocycles. The molecule has 5 heteroatoms. The molecular weight excluding hydrogens is 178 g/mol. The summed E-state index contributed by atoms with van der Waals surface area (Å²) in [5.74, 6) is 0.148. The van der Waals surface area contributed by atoms with Gasteiger partial charge < -0.3 is 10.5 Å². The van der Waals surface area contributed by atoms with Crippen molar-refractivity contribution in [3.05, 3.63) is 23.9 Å². The first-order valence-corrected chi connectivity index (χ1v) is 3.69. The highest BCUT2D eigenvalue weighted by Gasteiger charge is 2.21. The largest absolute Gasteiger partial charge is 0.481 e. The highest BCUT2D eigenvalue weighted by Crippen LogP contribution is 2.24. The number of hydrogen-bond acceptors (Lipinski definition) is 3. The van der Waals surface area contributed by atoms with Gasteiger partial charge in [0.05, 0.1) is 13.2 Å². The summed E-state index contributed by atoms with van der Waals surface area (Å²) in [4.78, 5) is 3.77. The van der Waals surface area contributed by atoms with Crippen molar-refractivity contribution >= 4 is 0 Å². The van der Waals surface area contributed by atoms with E-state index in [9.17, 15) is 8.78 Å². The number of alkyl halides is 2. The minimum absolute atomic E-state index is 0.148. The molecule has 1 atom stereocenters. The summed E-state index contributed by atoms with van der Waals surface area (Å²) in [5, 5.41) is 0. The fourth-order valence-corrected chi connectivity index (χ4v) is 0.963. The van der Waals surface area contributed by atoms with Crippen molar-refractivity contribution in [2.45, 2.75) is 12.5 Å². The Bertz CT molecular complexity index is 281. The first-order valence-electron chi connectivity index (χ1n) is 3.69. The van der Waals surface area contributed by atoms with Gasteiger partial charge in [-0.1, -0.05) is 6.07 Å². The SMILES string of the molecule is COc1ncccc1C(N)C(F)F. The molecule has 13 heavy (non-hydrogen) atoms. The highest BCUT2D eigenvalue weighted by atomic mass is 19.3. The number of halogens is 2. The monoisotopic (exact) mass is 188 g/mol. The number of ether oxygens (including phenoxy) is 1. The van der Waals surface area contributed by atoms with Gasteiger partial charge in [0.1, 0.15) is 0 Å². The predicted octanol–water partition coefficient (Wildman–Crippen LogP) is 1.36. The lowest BCUT2D eigenvalue weighted by molar-refractivity contribution is 0.115. The second-order valence-corrected chi connectivity index (χ2v) is 2.46. The third-order valence-electron chi connectivity index (χ3n) is 1.62. The maximum absolute atomic E-state index is 12.2. The van der Waals surface area contributed by atoms with E-state index in [1.807, 2.05) is 0 Å². The van der Waals surface area contributed by atoms with Crippen LogP contribution in [-0.4, -0.2) is 18.5 Å². The van der Waals surface area contributed by atoms with Gasteiger partial charge in [0.15, 0.2) is 0 Å². The van der Waals surface area contributed by atoms with Gasteiger partial charge in [-0.05, 0) is 6.07 Å². The van der Waals surface area contributed by atoms with E-state index in [1.54, 1.807) is 6.07 Å². The number of rotatable bonds is 3. The van der Waals surface area contributed by atoms with Crippen molar-refractivity contribution in [3.8, 4) is 5.88 Å². The van der Waals surface area contributed by atoms with Gasteiger partial charge in [-0.2, -0.15) is 0 Å². The average molecular weight is 188 g/mol. The van der Waals surface area contributed by atoms with E-state index in [2.05, 4.69) is 4.98 Å². The van der Waals surface area contributed by atoms with Gasteiger partial charge in [0.25, 0.3) is 6.43 Å². The van der Waals surface area contributed by atoms with Gasteiger partial charge in [-0.3, -0.25) is 0 Å².